The SMILES string of the molecule is N#[C][Fe][I].[KH]. The van der Waals surface area contributed by atoms with Crippen molar-refractivity contribution in [3.05, 3.63) is 0 Å². The van der Waals surface area contributed by atoms with Gasteiger partial charge in [-0.1, -0.05) is 0 Å². The molecule has 0 unspecified atom stereocenters. The van der Waals surface area contributed by atoms with Gasteiger partial charge in [-0.15, -0.1) is 0 Å². The summed E-state index contributed by atoms with van der Waals surface area (Å²) in [5.41, 5.74) is 0. The summed E-state index contributed by atoms with van der Waals surface area (Å²) in [6, 6.07) is 0. The van der Waals surface area contributed by atoms with Crippen LogP contribution in [0.2, 0.25) is 0 Å². The average molecular weight is 249 g/mol. The van der Waals surface area contributed by atoms with Crippen LogP contribution in [0.15, 0.2) is 0 Å². The van der Waals surface area contributed by atoms with Gasteiger partial charge in [-0.3, -0.25) is 0 Å². The molecule has 0 amide bonds. The van der Waals surface area contributed by atoms with E-state index in [-0.39, 0.29) is 51.4 Å². The van der Waals surface area contributed by atoms with E-state index in [4.69, 9.17) is 5.26 Å². The van der Waals surface area contributed by atoms with Crippen LogP contribution in [0.3, 0.4) is 0 Å². The van der Waals surface area contributed by atoms with Crippen LogP contribution >= 0.6 is 20.3 Å². The van der Waals surface area contributed by atoms with Gasteiger partial charge in [0.05, 0.1) is 0 Å². The van der Waals surface area contributed by atoms with E-state index in [1.165, 1.54) is 0 Å². The number of hydrogen-bond donors (Lipinski definition) is 0. The van der Waals surface area contributed by atoms with Gasteiger partial charge in [0.2, 0.25) is 0 Å². The predicted octanol–water partition coefficient (Wildman–Crippen LogP) is 0.251. The molecule has 0 aromatic rings. The van der Waals surface area contributed by atoms with Crippen LogP contribution in [-0.4, -0.2) is 51.4 Å². The summed E-state index contributed by atoms with van der Waals surface area (Å²) in [6.45, 7) is 0. The molecule has 5 heavy (non-hydrogen) atoms. The van der Waals surface area contributed by atoms with E-state index >= 15 is 0 Å². The molecule has 0 aliphatic heterocycles. The van der Waals surface area contributed by atoms with Crippen LogP contribution in [-0.2, 0) is 11.7 Å². The quantitative estimate of drug-likeness (QED) is 0.446. The summed E-state index contributed by atoms with van der Waals surface area (Å²) < 4.78 is 0. The Hall–Kier alpha value is 2.38. The number of nitrogens with zero attached hydrogens (tertiary/aromatic N) is 1. The summed E-state index contributed by atoms with van der Waals surface area (Å²) in [5, 5.41) is 7.62. The Kier molecular flexibility index (Phi) is 20.0. The molecular formula is CHFeIKN. The second-order valence-corrected chi connectivity index (χ2v) is 2.17. The number of nitriles is 1. The van der Waals surface area contributed by atoms with E-state index in [0.29, 0.717) is 11.7 Å². The predicted molar refractivity (Wildman–Crippen MR) is 26.8 cm³/mol. The molecule has 0 fully saturated rings. The summed E-state index contributed by atoms with van der Waals surface area (Å²) >= 11 is 2.59. The van der Waals surface area contributed by atoms with Crippen molar-refractivity contribution in [3.8, 4) is 4.97 Å². The summed E-state index contributed by atoms with van der Waals surface area (Å²) in [7, 11) is 0. The van der Waals surface area contributed by atoms with Crippen LogP contribution < -0.4 is 0 Å². The van der Waals surface area contributed by atoms with Crippen molar-refractivity contribution in [3.63, 3.8) is 0 Å². The van der Waals surface area contributed by atoms with E-state index < -0.39 is 0 Å². The van der Waals surface area contributed by atoms with Crippen LogP contribution in [0.1, 0.15) is 0 Å². The maximum atomic E-state index is 7.62. The fraction of sp³-hybridized carbons (Fsp3) is 0. The molecule has 0 aliphatic rings. The molecule has 0 rings (SSSR count). The molecule has 0 aliphatic carbocycles. The number of halogens is 1. The van der Waals surface area contributed by atoms with Crippen molar-refractivity contribution in [1.29, 1.82) is 5.26 Å². The Labute approximate surface area is 91.2 Å². The molecule has 26 valence electrons. The first-order valence-electron chi connectivity index (χ1n) is 0.534. The molecule has 0 radical (unpaired) electrons. The fourth-order valence-corrected chi connectivity index (χ4v) is 0. The summed E-state index contributed by atoms with van der Waals surface area (Å²) in [5.74, 6) is 0. The van der Waals surface area contributed by atoms with Crippen molar-refractivity contribution in [2.75, 3.05) is 0 Å². The molecule has 4 heteroatoms. The Morgan fingerprint density at radius 3 is 2.00 bits per heavy atom. The van der Waals surface area contributed by atoms with Crippen LogP contribution in [0, 0.1) is 10.2 Å². The monoisotopic (exact) mass is 249 g/mol. The van der Waals surface area contributed by atoms with Gasteiger partial charge in [0.15, 0.2) is 0 Å². The summed E-state index contributed by atoms with van der Waals surface area (Å²) in [6.07, 6.45) is 0. The Morgan fingerprint density at radius 2 is 2.00 bits per heavy atom. The zero-order valence-electron chi connectivity index (χ0n) is 1.68. The average Bonchev–Trinajstić information content (AvgIpc) is 1.37. The molecule has 0 spiro atoms. The molecule has 1 nitrogen and oxygen atoms in total. The second-order valence-electron chi connectivity index (χ2n) is 0.146. The van der Waals surface area contributed by atoms with E-state index in [0.717, 1.165) is 0 Å². The third kappa shape index (κ3) is 10.7. The third-order valence-electron chi connectivity index (χ3n) is 0.0299. The molecule has 0 aromatic carbocycles. The topological polar surface area (TPSA) is 23.8 Å². The maximum absolute atomic E-state index is 7.62. The van der Waals surface area contributed by atoms with Crippen LogP contribution in [0.5, 0.6) is 0 Å². The third-order valence-corrected chi connectivity index (χ3v) is 0.826. The van der Waals surface area contributed by atoms with Crippen molar-refractivity contribution >= 4 is 71.7 Å². The number of rotatable bonds is 0. The Balaban J connectivity index is 0. The normalized spacial score (nSPS) is 4.80. The molecule has 0 heterocycles. The van der Waals surface area contributed by atoms with Gasteiger partial charge >= 0.3 is 93.7 Å². The van der Waals surface area contributed by atoms with Crippen molar-refractivity contribution in [2.24, 2.45) is 0 Å². The van der Waals surface area contributed by atoms with E-state index in [1.807, 2.05) is 25.3 Å². The van der Waals surface area contributed by atoms with Gasteiger partial charge in [0.1, 0.15) is 0 Å². The van der Waals surface area contributed by atoms with Crippen molar-refractivity contribution in [1.82, 2.24) is 0 Å². The second kappa shape index (κ2) is 9.62. The first-order valence-corrected chi connectivity index (χ1v) is 4.65. The van der Waals surface area contributed by atoms with Gasteiger partial charge in [0.25, 0.3) is 0 Å². The molecular weight excluding hydrogens is 248 g/mol. The van der Waals surface area contributed by atoms with Gasteiger partial charge in [-0.05, 0) is 0 Å². The minimum atomic E-state index is 0. The van der Waals surface area contributed by atoms with E-state index in [9.17, 15) is 0 Å². The summed E-state index contributed by atoms with van der Waals surface area (Å²) in [4.78, 5) is 1.92. The minimum absolute atomic E-state index is 0. The first-order chi connectivity index (χ1) is 1.91. The number of hydrogen-bond acceptors (Lipinski definition) is 1. The zero-order valence-corrected chi connectivity index (χ0v) is 4.94. The van der Waals surface area contributed by atoms with Gasteiger partial charge in [-0.2, -0.15) is 0 Å². The molecule has 0 atom stereocenters. The Bertz CT molecular complexity index is 41.4. The Morgan fingerprint density at radius 1 is 1.80 bits per heavy atom. The van der Waals surface area contributed by atoms with Crippen LogP contribution in [0.25, 0.3) is 0 Å². The molecule has 0 aromatic heterocycles. The van der Waals surface area contributed by atoms with E-state index in [1.54, 1.807) is 0 Å². The van der Waals surface area contributed by atoms with E-state index in [2.05, 4.69) is 0 Å². The fourth-order valence-electron chi connectivity index (χ4n) is 0. The molecule has 0 saturated heterocycles. The van der Waals surface area contributed by atoms with Gasteiger partial charge in [0, 0.05) is 0 Å². The molecule has 0 bridgehead atoms. The van der Waals surface area contributed by atoms with Crippen LogP contribution in [0.4, 0.5) is 0 Å². The van der Waals surface area contributed by atoms with Crippen molar-refractivity contribution in [2.45, 2.75) is 0 Å². The van der Waals surface area contributed by atoms with Crippen molar-refractivity contribution < 1.29 is 11.7 Å². The van der Waals surface area contributed by atoms with Gasteiger partial charge in [-0.25, -0.2) is 0 Å². The van der Waals surface area contributed by atoms with Gasteiger partial charge < -0.3 is 0 Å². The first kappa shape index (κ1) is 10.4. The molecule has 0 saturated carbocycles. The standard InChI is InChI=1S/CN.Fe.HI.K.H/c1-2;;;;/h;;1H;;/q;+1;;;/p-1. The zero-order chi connectivity index (χ0) is 3.41. The molecule has 0 N–H and O–H groups in total.